The third-order valence-corrected chi connectivity index (χ3v) is 6.22. The highest BCUT2D eigenvalue weighted by Gasteiger charge is 2.15. The number of hydrogen-bond acceptors (Lipinski definition) is 7. The molecule has 0 aliphatic carbocycles. The van der Waals surface area contributed by atoms with Crippen LogP contribution >= 0.6 is 22.7 Å². The highest BCUT2D eigenvalue weighted by Crippen LogP contribution is 2.33. The van der Waals surface area contributed by atoms with Crippen molar-refractivity contribution in [3.63, 3.8) is 0 Å². The molecule has 0 aliphatic rings. The van der Waals surface area contributed by atoms with Gasteiger partial charge in [-0.25, -0.2) is 9.97 Å². The molecule has 2 aromatic heterocycles. The van der Waals surface area contributed by atoms with E-state index < -0.39 is 0 Å². The normalized spacial score (nSPS) is 10.7. The first-order valence-electron chi connectivity index (χ1n) is 8.88. The van der Waals surface area contributed by atoms with Crippen LogP contribution in [0, 0.1) is 0 Å². The van der Waals surface area contributed by atoms with E-state index in [1.54, 1.807) is 37.5 Å². The van der Waals surface area contributed by atoms with Crippen molar-refractivity contribution in [1.82, 2.24) is 14.9 Å². The third-order valence-electron chi connectivity index (χ3n) is 4.24. The Bertz CT molecular complexity index is 952. The number of likely N-dealkylation sites (N-methyl/N-ethyl adjacent to an activating group) is 1. The maximum atomic E-state index is 12.6. The number of aromatic nitrogens is 2. The fraction of sp³-hybridized carbons (Fsp3) is 0.350. The van der Waals surface area contributed by atoms with Crippen LogP contribution in [-0.2, 0) is 24.2 Å². The molecule has 0 fully saturated rings. The second kappa shape index (κ2) is 9.16. The summed E-state index contributed by atoms with van der Waals surface area (Å²) in [5.41, 5.74) is 2.63. The van der Waals surface area contributed by atoms with Gasteiger partial charge in [0.05, 0.1) is 43.6 Å². The van der Waals surface area contributed by atoms with Gasteiger partial charge in [0, 0.05) is 23.4 Å². The number of methoxy groups -OCH3 is 2. The van der Waals surface area contributed by atoms with Crippen LogP contribution < -0.4 is 9.47 Å². The summed E-state index contributed by atoms with van der Waals surface area (Å²) in [4.78, 5) is 23.4. The number of thiazole rings is 2. The smallest absolute Gasteiger partial charge is 0.228 e. The molecule has 148 valence electrons. The second-order valence-corrected chi connectivity index (χ2v) is 8.03. The molecule has 1 amide bonds. The van der Waals surface area contributed by atoms with Crippen molar-refractivity contribution in [1.29, 1.82) is 0 Å². The molecule has 3 aromatic rings. The molecule has 0 bridgehead atoms. The molecule has 0 atom stereocenters. The minimum atomic E-state index is 0.0233. The highest BCUT2D eigenvalue weighted by atomic mass is 32.1. The zero-order valence-electron chi connectivity index (χ0n) is 16.4. The molecule has 0 saturated carbocycles. The van der Waals surface area contributed by atoms with Crippen LogP contribution in [-0.4, -0.2) is 42.0 Å². The van der Waals surface area contributed by atoms with Gasteiger partial charge in [-0.1, -0.05) is 6.92 Å². The Morgan fingerprint density at radius 3 is 2.50 bits per heavy atom. The minimum Gasteiger partial charge on any atom is -0.493 e. The van der Waals surface area contributed by atoms with Gasteiger partial charge >= 0.3 is 0 Å². The number of rotatable bonds is 8. The van der Waals surface area contributed by atoms with Gasteiger partial charge in [-0.15, -0.1) is 22.7 Å². The average Bonchev–Trinajstić information content (AvgIpc) is 3.36. The summed E-state index contributed by atoms with van der Waals surface area (Å²) in [6.07, 6.45) is 1.19. The van der Waals surface area contributed by atoms with Crippen LogP contribution in [0.5, 0.6) is 11.5 Å². The number of nitrogens with zero attached hydrogens (tertiary/aromatic N) is 3. The molecule has 0 unspecified atom stereocenters. The number of benzene rings is 1. The van der Waals surface area contributed by atoms with Crippen LogP contribution in [0.3, 0.4) is 0 Å². The van der Waals surface area contributed by atoms with Crippen molar-refractivity contribution in [2.75, 3.05) is 21.3 Å². The quantitative estimate of drug-likeness (QED) is 0.553. The van der Waals surface area contributed by atoms with Crippen LogP contribution in [0.1, 0.15) is 23.3 Å². The first-order chi connectivity index (χ1) is 13.5. The summed E-state index contributed by atoms with van der Waals surface area (Å²) in [7, 11) is 5.01. The Hall–Kier alpha value is -2.45. The van der Waals surface area contributed by atoms with Gasteiger partial charge in [-0.3, -0.25) is 4.79 Å². The number of hydrogen-bond donors (Lipinski definition) is 0. The molecule has 0 spiro atoms. The van der Waals surface area contributed by atoms with E-state index in [1.165, 1.54) is 11.3 Å². The number of aryl methyl sites for hydroxylation is 1. The van der Waals surface area contributed by atoms with Crippen molar-refractivity contribution in [2.45, 2.75) is 26.3 Å². The van der Waals surface area contributed by atoms with E-state index in [0.29, 0.717) is 18.0 Å². The molecular weight excluding hydrogens is 394 g/mol. The maximum Gasteiger partial charge on any atom is 0.228 e. The Kier molecular flexibility index (Phi) is 6.64. The van der Waals surface area contributed by atoms with Gasteiger partial charge in [0.25, 0.3) is 0 Å². The van der Waals surface area contributed by atoms with Crippen molar-refractivity contribution >= 4 is 28.6 Å². The van der Waals surface area contributed by atoms with Gasteiger partial charge in [0.1, 0.15) is 5.01 Å². The third kappa shape index (κ3) is 4.69. The van der Waals surface area contributed by atoms with E-state index in [9.17, 15) is 4.79 Å². The predicted octanol–water partition coefficient (Wildman–Crippen LogP) is 4.05. The minimum absolute atomic E-state index is 0.0233. The summed E-state index contributed by atoms with van der Waals surface area (Å²) < 4.78 is 10.6. The molecule has 0 aliphatic heterocycles. The van der Waals surface area contributed by atoms with E-state index in [2.05, 4.69) is 16.9 Å². The summed E-state index contributed by atoms with van der Waals surface area (Å²) in [6.45, 7) is 2.59. The Morgan fingerprint density at radius 1 is 1.07 bits per heavy atom. The average molecular weight is 418 g/mol. The molecular formula is C20H23N3O3S2. The maximum absolute atomic E-state index is 12.6. The van der Waals surface area contributed by atoms with E-state index in [4.69, 9.17) is 9.47 Å². The zero-order valence-corrected chi connectivity index (χ0v) is 18.0. The van der Waals surface area contributed by atoms with Crippen molar-refractivity contribution < 1.29 is 14.3 Å². The van der Waals surface area contributed by atoms with Gasteiger partial charge in [0.2, 0.25) is 5.91 Å². The standard InChI is InChI=1S/C20H23N3O3S2/c1-5-18-21-15(12-27-18)10-23(2)19(24)9-14-11-28-20(22-14)13-6-7-16(25-3)17(8-13)26-4/h6-8,11-12H,5,9-10H2,1-4H3. The van der Waals surface area contributed by atoms with Gasteiger partial charge in [0.15, 0.2) is 11.5 Å². The van der Waals surface area contributed by atoms with E-state index in [-0.39, 0.29) is 12.3 Å². The van der Waals surface area contributed by atoms with Crippen molar-refractivity contribution in [2.24, 2.45) is 0 Å². The SMILES string of the molecule is CCc1nc(CN(C)C(=O)Cc2csc(-c3ccc(OC)c(OC)c3)n2)cs1. The highest BCUT2D eigenvalue weighted by molar-refractivity contribution is 7.13. The molecule has 2 heterocycles. The van der Waals surface area contributed by atoms with Gasteiger partial charge < -0.3 is 14.4 Å². The lowest BCUT2D eigenvalue weighted by Crippen LogP contribution is -2.28. The molecule has 8 heteroatoms. The molecule has 28 heavy (non-hydrogen) atoms. The molecule has 0 N–H and O–H groups in total. The lowest BCUT2D eigenvalue weighted by molar-refractivity contribution is -0.129. The van der Waals surface area contributed by atoms with E-state index in [1.807, 2.05) is 29.0 Å². The Balaban J connectivity index is 1.66. The molecule has 6 nitrogen and oxygen atoms in total. The largest absolute Gasteiger partial charge is 0.493 e. The van der Waals surface area contributed by atoms with Crippen molar-refractivity contribution in [3.05, 3.63) is 45.4 Å². The summed E-state index contributed by atoms with van der Waals surface area (Å²) in [6, 6.07) is 5.68. The first-order valence-corrected chi connectivity index (χ1v) is 10.6. The Labute approximate surface area is 172 Å². The van der Waals surface area contributed by atoms with Crippen LogP contribution in [0.25, 0.3) is 10.6 Å². The fourth-order valence-corrected chi connectivity index (χ4v) is 4.25. The summed E-state index contributed by atoms with van der Waals surface area (Å²) in [5.74, 6) is 1.35. The first kappa shape index (κ1) is 20.3. The summed E-state index contributed by atoms with van der Waals surface area (Å²) in [5, 5.41) is 5.88. The van der Waals surface area contributed by atoms with Gasteiger partial charge in [-0.2, -0.15) is 0 Å². The number of amides is 1. The number of ether oxygens (including phenoxy) is 2. The van der Waals surface area contributed by atoms with Crippen LogP contribution in [0.2, 0.25) is 0 Å². The molecule has 1 aromatic carbocycles. The van der Waals surface area contributed by atoms with Crippen LogP contribution in [0.4, 0.5) is 0 Å². The lowest BCUT2D eigenvalue weighted by atomic mass is 10.2. The van der Waals surface area contributed by atoms with Crippen molar-refractivity contribution in [3.8, 4) is 22.1 Å². The molecule has 0 radical (unpaired) electrons. The van der Waals surface area contributed by atoms with Crippen LogP contribution in [0.15, 0.2) is 29.0 Å². The fourth-order valence-electron chi connectivity index (χ4n) is 2.70. The van der Waals surface area contributed by atoms with E-state index in [0.717, 1.165) is 33.4 Å². The topological polar surface area (TPSA) is 64.6 Å². The zero-order chi connectivity index (χ0) is 20.1. The number of carbonyl (C=O) groups excluding carboxylic acids is 1. The lowest BCUT2D eigenvalue weighted by Gasteiger charge is -2.15. The number of carbonyl (C=O) groups is 1. The van der Waals surface area contributed by atoms with Gasteiger partial charge in [-0.05, 0) is 24.6 Å². The molecule has 0 saturated heterocycles. The monoisotopic (exact) mass is 417 g/mol. The summed E-state index contributed by atoms with van der Waals surface area (Å²) >= 11 is 3.15. The van der Waals surface area contributed by atoms with E-state index >= 15 is 0 Å². The molecule has 3 rings (SSSR count). The predicted molar refractivity (Wildman–Crippen MR) is 112 cm³/mol. The Morgan fingerprint density at radius 2 is 1.82 bits per heavy atom. The second-order valence-electron chi connectivity index (χ2n) is 6.23.